The Labute approximate surface area is 90.1 Å². The van der Waals surface area contributed by atoms with Crippen molar-refractivity contribution in [3.05, 3.63) is 0 Å². The maximum atomic E-state index is 3.51. The van der Waals surface area contributed by atoms with Crippen molar-refractivity contribution in [1.82, 2.24) is 10.2 Å². The second kappa shape index (κ2) is 6.41. The van der Waals surface area contributed by atoms with Crippen LogP contribution in [0.2, 0.25) is 0 Å². The molecule has 0 aromatic carbocycles. The number of rotatable bonds is 6. The molecule has 1 atom stereocenters. The van der Waals surface area contributed by atoms with E-state index in [0.29, 0.717) is 11.5 Å². The van der Waals surface area contributed by atoms with Crippen molar-refractivity contribution < 1.29 is 0 Å². The summed E-state index contributed by atoms with van der Waals surface area (Å²) in [6.07, 6.45) is 1.21. The molecule has 0 radical (unpaired) electrons. The first kappa shape index (κ1) is 13.9. The van der Waals surface area contributed by atoms with Gasteiger partial charge in [-0.2, -0.15) is 0 Å². The fourth-order valence-electron chi connectivity index (χ4n) is 1.88. The molecule has 0 aromatic rings. The molecule has 0 spiro atoms. The Morgan fingerprint density at radius 3 is 2.14 bits per heavy atom. The summed E-state index contributed by atoms with van der Waals surface area (Å²) in [4.78, 5) is 2.43. The zero-order valence-corrected chi connectivity index (χ0v) is 10.9. The van der Waals surface area contributed by atoms with Crippen molar-refractivity contribution in [2.75, 3.05) is 26.7 Å². The summed E-state index contributed by atoms with van der Waals surface area (Å²) in [6.45, 7) is 14.7. The second-order valence-corrected chi connectivity index (χ2v) is 5.42. The lowest BCUT2D eigenvalue weighted by molar-refractivity contribution is 0.206. The van der Waals surface area contributed by atoms with Crippen molar-refractivity contribution in [2.45, 2.75) is 47.1 Å². The lowest BCUT2D eigenvalue weighted by Crippen LogP contribution is -2.41. The van der Waals surface area contributed by atoms with Crippen LogP contribution < -0.4 is 5.32 Å². The maximum absolute atomic E-state index is 3.51. The van der Waals surface area contributed by atoms with E-state index < -0.39 is 0 Å². The molecule has 1 unspecified atom stereocenters. The summed E-state index contributed by atoms with van der Waals surface area (Å²) >= 11 is 0. The van der Waals surface area contributed by atoms with Gasteiger partial charge in [0.25, 0.3) is 0 Å². The van der Waals surface area contributed by atoms with Gasteiger partial charge in [-0.05, 0) is 25.4 Å². The van der Waals surface area contributed by atoms with E-state index >= 15 is 0 Å². The minimum atomic E-state index is 0.402. The summed E-state index contributed by atoms with van der Waals surface area (Å²) in [7, 11) is 2.21. The average molecular weight is 200 g/mol. The topological polar surface area (TPSA) is 15.3 Å². The van der Waals surface area contributed by atoms with Gasteiger partial charge >= 0.3 is 0 Å². The first-order chi connectivity index (χ1) is 6.39. The van der Waals surface area contributed by atoms with Crippen LogP contribution in [0.3, 0.4) is 0 Å². The molecule has 0 bridgehead atoms. The highest BCUT2D eigenvalue weighted by molar-refractivity contribution is 4.72. The molecule has 0 aliphatic carbocycles. The Kier molecular flexibility index (Phi) is 6.38. The predicted molar refractivity (Wildman–Crippen MR) is 64.7 cm³/mol. The molecule has 0 rings (SSSR count). The number of likely N-dealkylation sites (N-methyl/N-ethyl adjacent to an activating group) is 2. The van der Waals surface area contributed by atoms with Gasteiger partial charge in [-0.3, -0.25) is 0 Å². The van der Waals surface area contributed by atoms with Gasteiger partial charge in [0.05, 0.1) is 0 Å². The van der Waals surface area contributed by atoms with Crippen LogP contribution in [0.4, 0.5) is 0 Å². The average Bonchev–Trinajstić information content (AvgIpc) is 2.00. The highest BCUT2D eigenvalue weighted by atomic mass is 15.1. The minimum Gasteiger partial charge on any atom is -0.313 e. The quantitative estimate of drug-likeness (QED) is 0.708. The van der Waals surface area contributed by atoms with Crippen LogP contribution in [-0.2, 0) is 0 Å². The van der Waals surface area contributed by atoms with Crippen molar-refractivity contribution in [1.29, 1.82) is 0 Å². The van der Waals surface area contributed by atoms with Crippen LogP contribution in [0.1, 0.15) is 41.0 Å². The van der Waals surface area contributed by atoms with Crippen molar-refractivity contribution >= 4 is 0 Å². The smallest absolute Gasteiger partial charge is 0.0192 e. The van der Waals surface area contributed by atoms with Crippen molar-refractivity contribution in [3.8, 4) is 0 Å². The SMILES string of the molecule is CCNC(CC)CN(C)CC(C)(C)C. The Morgan fingerprint density at radius 1 is 1.21 bits per heavy atom. The standard InChI is InChI=1S/C12H28N2/c1-7-11(13-8-2)9-14(6)10-12(3,4)5/h11,13H,7-10H2,1-6H3. The van der Waals surface area contributed by atoms with E-state index in [1.165, 1.54) is 6.42 Å². The molecule has 0 saturated carbocycles. The molecule has 0 aliphatic heterocycles. The molecular formula is C12H28N2. The van der Waals surface area contributed by atoms with E-state index in [2.05, 4.69) is 51.9 Å². The lowest BCUT2D eigenvalue weighted by atomic mass is 9.96. The minimum absolute atomic E-state index is 0.402. The first-order valence-electron chi connectivity index (χ1n) is 5.81. The maximum Gasteiger partial charge on any atom is 0.0192 e. The lowest BCUT2D eigenvalue weighted by Gasteiger charge is -2.29. The molecule has 0 aromatic heterocycles. The Bertz CT molecular complexity index is 138. The summed E-state index contributed by atoms with van der Waals surface area (Å²) in [5.41, 5.74) is 0.402. The normalized spacial score (nSPS) is 14.8. The summed E-state index contributed by atoms with van der Waals surface area (Å²) in [5, 5.41) is 3.51. The van der Waals surface area contributed by atoms with E-state index in [1.807, 2.05) is 0 Å². The van der Waals surface area contributed by atoms with Crippen LogP contribution in [0, 0.1) is 5.41 Å². The molecule has 0 aliphatic rings. The number of nitrogens with one attached hydrogen (secondary N) is 1. The monoisotopic (exact) mass is 200 g/mol. The third-order valence-corrected chi connectivity index (χ3v) is 2.26. The first-order valence-corrected chi connectivity index (χ1v) is 5.81. The highest BCUT2D eigenvalue weighted by Gasteiger charge is 2.15. The third-order valence-electron chi connectivity index (χ3n) is 2.26. The van der Waals surface area contributed by atoms with Gasteiger partial charge in [0.1, 0.15) is 0 Å². The molecule has 0 saturated heterocycles. The van der Waals surface area contributed by atoms with E-state index in [1.54, 1.807) is 0 Å². The fraction of sp³-hybridized carbons (Fsp3) is 1.00. The molecule has 0 heterocycles. The molecule has 0 fully saturated rings. The molecule has 14 heavy (non-hydrogen) atoms. The largest absolute Gasteiger partial charge is 0.313 e. The Morgan fingerprint density at radius 2 is 1.79 bits per heavy atom. The Hall–Kier alpha value is -0.0800. The van der Waals surface area contributed by atoms with Crippen molar-refractivity contribution in [3.63, 3.8) is 0 Å². The zero-order chi connectivity index (χ0) is 11.2. The Balaban J connectivity index is 3.84. The van der Waals surface area contributed by atoms with E-state index in [4.69, 9.17) is 0 Å². The van der Waals surface area contributed by atoms with Gasteiger partial charge in [-0.15, -0.1) is 0 Å². The molecular weight excluding hydrogens is 172 g/mol. The van der Waals surface area contributed by atoms with Crippen molar-refractivity contribution in [2.24, 2.45) is 5.41 Å². The van der Waals surface area contributed by atoms with Gasteiger partial charge in [-0.1, -0.05) is 34.6 Å². The molecule has 2 heteroatoms. The van der Waals surface area contributed by atoms with Crippen LogP contribution in [0.5, 0.6) is 0 Å². The number of hydrogen-bond donors (Lipinski definition) is 1. The molecule has 0 amide bonds. The van der Waals surface area contributed by atoms with E-state index in [9.17, 15) is 0 Å². The summed E-state index contributed by atoms with van der Waals surface area (Å²) < 4.78 is 0. The van der Waals surface area contributed by atoms with Crippen LogP contribution >= 0.6 is 0 Å². The predicted octanol–water partition coefficient (Wildman–Crippen LogP) is 2.35. The number of hydrogen-bond acceptors (Lipinski definition) is 2. The molecule has 86 valence electrons. The van der Waals surface area contributed by atoms with Gasteiger partial charge < -0.3 is 10.2 Å². The van der Waals surface area contributed by atoms with E-state index in [0.717, 1.165) is 19.6 Å². The van der Waals surface area contributed by atoms with Gasteiger partial charge in [0.2, 0.25) is 0 Å². The third kappa shape index (κ3) is 7.34. The fourth-order valence-corrected chi connectivity index (χ4v) is 1.88. The van der Waals surface area contributed by atoms with Crippen LogP contribution in [-0.4, -0.2) is 37.6 Å². The summed E-state index contributed by atoms with van der Waals surface area (Å²) in [5.74, 6) is 0. The van der Waals surface area contributed by atoms with Gasteiger partial charge in [0.15, 0.2) is 0 Å². The number of nitrogens with zero attached hydrogens (tertiary/aromatic N) is 1. The van der Waals surface area contributed by atoms with E-state index in [-0.39, 0.29) is 0 Å². The van der Waals surface area contributed by atoms with Crippen LogP contribution in [0.25, 0.3) is 0 Å². The summed E-state index contributed by atoms with van der Waals surface area (Å²) in [6, 6.07) is 0.646. The molecule has 2 nitrogen and oxygen atoms in total. The molecule has 1 N–H and O–H groups in total. The zero-order valence-electron chi connectivity index (χ0n) is 10.9. The van der Waals surface area contributed by atoms with Gasteiger partial charge in [-0.25, -0.2) is 0 Å². The highest BCUT2D eigenvalue weighted by Crippen LogP contribution is 2.14. The van der Waals surface area contributed by atoms with Crippen LogP contribution in [0.15, 0.2) is 0 Å². The van der Waals surface area contributed by atoms with Gasteiger partial charge in [0, 0.05) is 19.1 Å². The second-order valence-electron chi connectivity index (χ2n) is 5.42.